The van der Waals surface area contributed by atoms with Gasteiger partial charge in [-0.2, -0.15) is 0 Å². The molecule has 1 atom stereocenters. The lowest BCUT2D eigenvalue weighted by atomic mass is 10.1. The van der Waals surface area contributed by atoms with Crippen molar-refractivity contribution in [3.8, 4) is 0 Å². The zero-order chi connectivity index (χ0) is 14.7. The molecule has 20 heavy (non-hydrogen) atoms. The van der Waals surface area contributed by atoms with Crippen LogP contribution in [0.4, 0.5) is 0 Å². The maximum atomic E-state index is 12.3. The first-order valence-electron chi connectivity index (χ1n) is 6.96. The predicted octanol–water partition coefficient (Wildman–Crippen LogP) is 0.669. The Bertz CT molecular complexity index is 497. The minimum absolute atomic E-state index is 0.0220. The predicted molar refractivity (Wildman–Crippen MR) is 73.2 cm³/mol. The summed E-state index contributed by atoms with van der Waals surface area (Å²) in [5.74, 6) is 0.881. The van der Waals surface area contributed by atoms with Crippen molar-refractivity contribution in [3.63, 3.8) is 0 Å². The van der Waals surface area contributed by atoms with Crippen molar-refractivity contribution in [1.29, 1.82) is 0 Å². The third-order valence-electron chi connectivity index (χ3n) is 3.36. The molecular weight excluding hydrogens is 258 g/mol. The van der Waals surface area contributed by atoms with Gasteiger partial charge in [-0.25, -0.2) is 4.98 Å². The van der Waals surface area contributed by atoms with Gasteiger partial charge in [0.2, 0.25) is 11.7 Å². The zero-order valence-corrected chi connectivity index (χ0v) is 12.1. The molecule has 0 aromatic carbocycles. The molecular formula is C13H21N5O2. The van der Waals surface area contributed by atoms with Crippen LogP contribution in [-0.4, -0.2) is 51.0 Å². The number of nitrogens with zero attached hydrogens (tertiary/aromatic N) is 3. The monoisotopic (exact) mass is 279 g/mol. The number of aromatic nitrogens is 3. The van der Waals surface area contributed by atoms with E-state index in [2.05, 4.69) is 20.5 Å². The van der Waals surface area contributed by atoms with Gasteiger partial charge >= 0.3 is 0 Å². The second kappa shape index (κ2) is 6.02. The van der Waals surface area contributed by atoms with Crippen molar-refractivity contribution in [2.75, 3.05) is 13.1 Å². The third kappa shape index (κ3) is 3.34. The Hall–Kier alpha value is -1.92. The number of nitrogens with one attached hydrogen (secondary N) is 2. The van der Waals surface area contributed by atoms with E-state index in [1.165, 1.54) is 6.92 Å². The topological polar surface area (TPSA) is 91.0 Å². The smallest absolute Gasteiger partial charge is 0.293 e. The number of carbonyl (C=O) groups excluding carboxylic acids is 2. The van der Waals surface area contributed by atoms with Crippen LogP contribution in [-0.2, 0) is 4.79 Å². The van der Waals surface area contributed by atoms with E-state index < -0.39 is 0 Å². The van der Waals surface area contributed by atoms with Crippen molar-refractivity contribution < 1.29 is 9.59 Å². The van der Waals surface area contributed by atoms with E-state index in [1.54, 1.807) is 4.90 Å². The van der Waals surface area contributed by atoms with Crippen LogP contribution in [0, 0.1) is 0 Å². The Morgan fingerprint density at radius 2 is 2.20 bits per heavy atom. The lowest BCUT2D eigenvalue weighted by molar-refractivity contribution is -0.120. The first kappa shape index (κ1) is 14.5. The molecule has 1 saturated heterocycles. The SMILES string of the molecule is CC(=O)NC1CCCN(C(=O)c2n[nH]c(C(C)C)n2)C1. The number of piperidine rings is 1. The summed E-state index contributed by atoms with van der Waals surface area (Å²) in [4.78, 5) is 29.4. The quantitative estimate of drug-likeness (QED) is 0.850. The maximum absolute atomic E-state index is 12.3. The summed E-state index contributed by atoms with van der Waals surface area (Å²) in [6.45, 7) is 6.67. The molecule has 0 spiro atoms. The molecule has 1 aromatic heterocycles. The largest absolute Gasteiger partial charge is 0.352 e. The molecule has 2 rings (SSSR count). The standard InChI is InChI=1S/C13H21N5O2/c1-8(2)11-15-12(17-16-11)13(20)18-6-4-5-10(7-18)14-9(3)19/h8,10H,4-7H2,1-3H3,(H,14,19)(H,15,16,17). The van der Waals surface area contributed by atoms with E-state index in [-0.39, 0.29) is 29.6 Å². The van der Waals surface area contributed by atoms with Gasteiger partial charge in [0.05, 0.1) is 0 Å². The second-order valence-electron chi connectivity index (χ2n) is 5.49. The van der Waals surface area contributed by atoms with Crippen molar-refractivity contribution in [2.45, 2.75) is 45.6 Å². The van der Waals surface area contributed by atoms with Crippen molar-refractivity contribution in [2.24, 2.45) is 0 Å². The first-order valence-corrected chi connectivity index (χ1v) is 6.96. The molecule has 7 heteroatoms. The van der Waals surface area contributed by atoms with Gasteiger partial charge < -0.3 is 10.2 Å². The molecule has 0 saturated carbocycles. The van der Waals surface area contributed by atoms with Crippen LogP contribution in [0.1, 0.15) is 56.0 Å². The lowest BCUT2D eigenvalue weighted by Gasteiger charge is -2.32. The van der Waals surface area contributed by atoms with Crippen molar-refractivity contribution >= 4 is 11.8 Å². The van der Waals surface area contributed by atoms with Crippen molar-refractivity contribution in [3.05, 3.63) is 11.6 Å². The Morgan fingerprint density at radius 1 is 1.45 bits per heavy atom. The molecule has 2 heterocycles. The number of hydrogen-bond donors (Lipinski definition) is 2. The fourth-order valence-electron chi connectivity index (χ4n) is 2.34. The van der Waals surface area contributed by atoms with Crippen LogP contribution in [0.15, 0.2) is 0 Å². The fourth-order valence-corrected chi connectivity index (χ4v) is 2.34. The highest BCUT2D eigenvalue weighted by Gasteiger charge is 2.27. The van der Waals surface area contributed by atoms with Crippen LogP contribution < -0.4 is 5.32 Å². The van der Waals surface area contributed by atoms with Gasteiger partial charge in [-0.15, -0.1) is 5.10 Å². The normalized spacial score (nSPS) is 19.2. The molecule has 0 bridgehead atoms. The highest BCUT2D eigenvalue weighted by Crippen LogP contribution is 2.14. The van der Waals surface area contributed by atoms with Gasteiger partial charge in [-0.1, -0.05) is 13.8 Å². The number of likely N-dealkylation sites (tertiary alicyclic amines) is 1. The van der Waals surface area contributed by atoms with Crippen LogP contribution in [0.5, 0.6) is 0 Å². The molecule has 7 nitrogen and oxygen atoms in total. The van der Waals surface area contributed by atoms with E-state index in [4.69, 9.17) is 0 Å². The van der Waals surface area contributed by atoms with E-state index in [9.17, 15) is 9.59 Å². The molecule has 0 radical (unpaired) electrons. The number of amides is 2. The molecule has 0 aliphatic carbocycles. The summed E-state index contributed by atoms with van der Waals surface area (Å²) in [6, 6.07) is 0.0220. The highest BCUT2D eigenvalue weighted by molar-refractivity contribution is 5.90. The van der Waals surface area contributed by atoms with E-state index in [0.29, 0.717) is 18.9 Å². The molecule has 110 valence electrons. The number of aromatic amines is 1. The summed E-state index contributed by atoms with van der Waals surface area (Å²) in [5, 5.41) is 9.63. The molecule has 1 aliphatic rings. The Kier molecular flexibility index (Phi) is 4.36. The lowest BCUT2D eigenvalue weighted by Crippen LogP contribution is -2.49. The van der Waals surface area contributed by atoms with Gasteiger partial charge in [0, 0.05) is 32.0 Å². The average molecular weight is 279 g/mol. The summed E-state index contributed by atoms with van der Waals surface area (Å²) in [6.07, 6.45) is 1.77. The first-order chi connectivity index (χ1) is 9.47. The molecule has 1 unspecified atom stereocenters. The second-order valence-corrected chi connectivity index (χ2v) is 5.49. The van der Waals surface area contributed by atoms with Gasteiger partial charge in [-0.05, 0) is 12.8 Å². The number of hydrogen-bond acceptors (Lipinski definition) is 4. The number of H-pyrrole nitrogens is 1. The summed E-state index contributed by atoms with van der Waals surface area (Å²) in [7, 11) is 0. The Morgan fingerprint density at radius 3 is 2.80 bits per heavy atom. The summed E-state index contributed by atoms with van der Waals surface area (Å²) in [5.41, 5.74) is 0. The van der Waals surface area contributed by atoms with Crippen LogP contribution >= 0.6 is 0 Å². The minimum atomic E-state index is -0.178. The maximum Gasteiger partial charge on any atom is 0.293 e. The zero-order valence-electron chi connectivity index (χ0n) is 12.1. The van der Waals surface area contributed by atoms with E-state index in [0.717, 1.165) is 12.8 Å². The van der Waals surface area contributed by atoms with E-state index in [1.807, 2.05) is 13.8 Å². The summed E-state index contributed by atoms with van der Waals surface area (Å²) < 4.78 is 0. The van der Waals surface area contributed by atoms with Gasteiger partial charge in [0.25, 0.3) is 5.91 Å². The van der Waals surface area contributed by atoms with Crippen LogP contribution in [0.3, 0.4) is 0 Å². The minimum Gasteiger partial charge on any atom is -0.352 e. The van der Waals surface area contributed by atoms with Crippen LogP contribution in [0.25, 0.3) is 0 Å². The third-order valence-corrected chi connectivity index (χ3v) is 3.36. The highest BCUT2D eigenvalue weighted by atomic mass is 16.2. The molecule has 2 N–H and O–H groups in total. The van der Waals surface area contributed by atoms with E-state index >= 15 is 0 Å². The molecule has 1 fully saturated rings. The number of carbonyl (C=O) groups is 2. The number of rotatable bonds is 3. The summed E-state index contributed by atoms with van der Waals surface area (Å²) >= 11 is 0. The average Bonchev–Trinajstić information content (AvgIpc) is 2.87. The van der Waals surface area contributed by atoms with Crippen molar-refractivity contribution in [1.82, 2.24) is 25.4 Å². The Balaban J connectivity index is 2.02. The molecule has 2 amide bonds. The fraction of sp³-hybridized carbons (Fsp3) is 0.692. The van der Waals surface area contributed by atoms with Gasteiger partial charge in [0.15, 0.2) is 0 Å². The Labute approximate surface area is 118 Å². The van der Waals surface area contributed by atoms with Crippen LogP contribution in [0.2, 0.25) is 0 Å². The van der Waals surface area contributed by atoms with Gasteiger partial charge in [0.1, 0.15) is 5.82 Å². The molecule has 1 aromatic rings. The molecule has 1 aliphatic heterocycles. The van der Waals surface area contributed by atoms with Gasteiger partial charge in [-0.3, -0.25) is 14.7 Å².